The Morgan fingerprint density at radius 3 is 2.27 bits per heavy atom. The van der Waals surface area contributed by atoms with Crippen molar-refractivity contribution >= 4 is 27.7 Å². The van der Waals surface area contributed by atoms with Crippen molar-refractivity contribution in [2.75, 3.05) is 26.5 Å². The largest absolute Gasteiger partial charge is 0.383 e. The lowest BCUT2D eigenvalue weighted by Gasteiger charge is -2.26. The number of nitro benzene ring substituents is 1. The molecule has 2 N–H and O–H groups in total. The third-order valence-electron chi connectivity index (χ3n) is 5.94. The Morgan fingerprint density at radius 2 is 1.68 bits per heavy atom. The van der Waals surface area contributed by atoms with Crippen molar-refractivity contribution in [1.82, 2.24) is 4.90 Å². The van der Waals surface area contributed by atoms with Crippen LogP contribution in [-0.4, -0.2) is 56.6 Å². The molecule has 11 nitrogen and oxygen atoms in total. The molecule has 0 spiro atoms. The van der Waals surface area contributed by atoms with E-state index in [4.69, 9.17) is 14.7 Å². The van der Waals surface area contributed by atoms with Crippen molar-refractivity contribution < 1.29 is 27.1 Å². The van der Waals surface area contributed by atoms with Crippen LogP contribution in [0.1, 0.15) is 11.1 Å². The monoisotopic (exact) mass is 524 g/mol. The molecule has 0 saturated heterocycles. The number of non-ortho nitro benzene ring substituents is 1. The standard InChI is InChI=1S/C25H24N4O7S/c1-28-23(30)25(27-24(28)26,19-9-11-22(12-10-19)36-37(33,34)14-13-35-2)20-7-3-5-17(15-20)18-6-4-8-21(16-18)29(31)32/h3-12,15-16H,13-14H2,1-2H3,(H2,26,27). The number of rotatable bonds is 9. The van der Waals surface area contributed by atoms with Crippen LogP contribution in [0.2, 0.25) is 0 Å². The van der Waals surface area contributed by atoms with Crippen LogP contribution in [0, 0.1) is 10.1 Å². The molecule has 1 unspecified atom stereocenters. The molecular formula is C25H24N4O7S. The molecule has 0 bridgehead atoms. The number of amides is 1. The number of benzene rings is 3. The molecule has 0 fully saturated rings. The minimum atomic E-state index is -3.87. The van der Waals surface area contributed by atoms with Crippen LogP contribution in [0.3, 0.4) is 0 Å². The number of likely N-dealkylation sites (N-methyl/N-ethyl adjacent to an activating group) is 1. The van der Waals surface area contributed by atoms with Crippen molar-refractivity contribution in [2.24, 2.45) is 10.7 Å². The summed E-state index contributed by atoms with van der Waals surface area (Å²) in [6.45, 7) is -0.0146. The number of methoxy groups -OCH3 is 1. The number of guanidine groups is 1. The van der Waals surface area contributed by atoms with E-state index >= 15 is 0 Å². The average molecular weight is 525 g/mol. The predicted octanol–water partition coefficient (Wildman–Crippen LogP) is 2.65. The molecule has 0 aromatic heterocycles. The van der Waals surface area contributed by atoms with Gasteiger partial charge in [-0.3, -0.25) is 19.8 Å². The molecule has 0 saturated carbocycles. The maximum Gasteiger partial charge on any atom is 0.311 e. The summed E-state index contributed by atoms with van der Waals surface area (Å²) in [5, 5.41) is 11.2. The minimum Gasteiger partial charge on any atom is -0.383 e. The lowest BCUT2D eigenvalue weighted by Crippen LogP contribution is -2.41. The highest BCUT2D eigenvalue weighted by Crippen LogP contribution is 2.41. The van der Waals surface area contributed by atoms with Gasteiger partial charge in [-0.05, 0) is 40.5 Å². The Kier molecular flexibility index (Phi) is 6.96. The zero-order valence-corrected chi connectivity index (χ0v) is 20.8. The van der Waals surface area contributed by atoms with Gasteiger partial charge in [-0.15, -0.1) is 0 Å². The first-order valence-electron chi connectivity index (χ1n) is 11.1. The summed E-state index contributed by atoms with van der Waals surface area (Å²) in [4.78, 5) is 30.1. The number of nitrogens with two attached hydrogens (primary N) is 1. The highest BCUT2D eigenvalue weighted by molar-refractivity contribution is 7.87. The van der Waals surface area contributed by atoms with E-state index in [1.54, 1.807) is 48.5 Å². The molecule has 1 aliphatic rings. The number of carbonyl (C=O) groups is 1. The first kappa shape index (κ1) is 25.8. The van der Waals surface area contributed by atoms with Gasteiger partial charge in [0.1, 0.15) is 11.5 Å². The van der Waals surface area contributed by atoms with Gasteiger partial charge >= 0.3 is 10.1 Å². The van der Waals surface area contributed by atoms with E-state index in [0.29, 0.717) is 22.3 Å². The van der Waals surface area contributed by atoms with Crippen LogP contribution in [0.15, 0.2) is 77.8 Å². The van der Waals surface area contributed by atoms with E-state index in [0.717, 1.165) is 0 Å². The Bertz CT molecular complexity index is 1490. The molecular weight excluding hydrogens is 500 g/mol. The quantitative estimate of drug-likeness (QED) is 0.254. The molecule has 0 aliphatic carbocycles. The number of hydrogen-bond acceptors (Lipinski definition) is 9. The molecule has 1 atom stereocenters. The summed E-state index contributed by atoms with van der Waals surface area (Å²) in [6.07, 6.45) is 0. The van der Waals surface area contributed by atoms with E-state index in [2.05, 4.69) is 4.99 Å². The summed E-state index contributed by atoms with van der Waals surface area (Å²) in [7, 11) is -0.970. The summed E-state index contributed by atoms with van der Waals surface area (Å²) in [5.41, 5.74) is 6.57. The smallest absolute Gasteiger partial charge is 0.311 e. The molecule has 1 aliphatic heterocycles. The second-order valence-corrected chi connectivity index (χ2v) is 9.99. The normalized spacial score (nSPS) is 17.5. The SMILES string of the molecule is COCCS(=O)(=O)Oc1ccc(C2(c3cccc(-c4cccc([N+](=O)[O-])c4)c3)N=C(N)N(C)C2=O)cc1. The van der Waals surface area contributed by atoms with Crippen molar-refractivity contribution in [1.29, 1.82) is 0 Å². The van der Waals surface area contributed by atoms with Gasteiger partial charge in [0.05, 0.1) is 11.5 Å². The molecule has 1 heterocycles. The summed E-state index contributed by atoms with van der Waals surface area (Å²) in [5.74, 6) is -0.657. The van der Waals surface area contributed by atoms with Crippen LogP contribution in [0.25, 0.3) is 11.1 Å². The predicted molar refractivity (Wildman–Crippen MR) is 136 cm³/mol. The van der Waals surface area contributed by atoms with Crippen LogP contribution >= 0.6 is 0 Å². The lowest BCUT2D eigenvalue weighted by atomic mass is 9.81. The van der Waals surface area contributed by atoms with Gasteiger partial charge in [-0.1, -0.05) is 42.5 Å². The number of hydrogen-bond donors (Lipinski definition) is 1. The molecule has 12 heteroatoms. The van der Waals surface area contributed by atoms with E-state index < -0.39 is 26.5 Å². The van der Waals surface area contributed by atoms with Gasteiger partial charge in [-0.25, -0.2) is 4.99 Å². The summed E-state index contributed by atoms with van der Waals surface area (Å²) < 4.78 is 34.1. The Labute approximate surface area is 213 Å². The molecule has 4 rings (SSSR count). The van der Waals surface area contributed by atoms with Crippen molar-refractivity contribution in [3.05, 3.63) is 94.0 Å². The highest BCUT2D eigenvalue weighted by atomic mass is 32.2. The van der Waals surface area contributed by atoms with E-state index in [-0.39, 0.29) is 29.8 Å². The van der Waals surface area contributed by atoms with Crippen LogP contribution in [0.4, 0.5) is 5.69 Å². The van der Waals surface area contributed by atoms with Crippen molar-refractivity contribution in [3.63, 3.8) is 0 Å². The average Bonchev–Trinajstić information content (AvgIpc) is 3.12. The topological polar surface area (TPSA) is 154 Å². The Morgan fingerprint density at radius 1 is 1.03 bits per heavy atom. The van der Waals surface area contributed by atoms with E-state index in [1.807, 2.05) is 0 Å². The number of aliphatic imine (C=N–C) groups is 1. The third-order valence-corrected chi connectivity index (χ3v) is 7.06. The molecule has 3 aromatic carbocycles. The second-order valence-electron chi connectivity index (χ2n) is 8.30. The van der Waals surface area contributed by atoms with Gasteiger partial charge in [0.25, 0.3) is 11.6 Å². The Hall–Kier alpha value is -4.29. The number of nitrogens with zero attached hydrogens (tertiary/aromatic N) is 3. The number of nitro groups is 1. The fraction of sp³-hybridized carbons (Fsp3) is 0.200. The van der Waals surface area contributed by atoms with Crippen LogP contribution in [-0.2, 0) is 25.2 Å². The molecule has 192 valence electrons. The van der Waals surface area contributed by atoms with Gasteiger partial charge in [-0.2, -0.15) is 8.42 Å². The van der Waals surface area contributed by atoms with E-state index in [1.165, 1.54) is 43.3 Å². The zero-order valence-electron chi connectivity index (χ0n) is 20.0. The summed E-state index contributed by atoms with van der Waals surface area (Å²) in [6, 6.07) is 19.1. The first-order valence-corrected chi connectivity index (χ1v) is 12.7. The van der Waals surface area contributed by atoms with Gasteiger partial charge in [0, 0.05) is 26.3 Å². The lowest BCUT2D eigenvalue weighted by molar-refractivity contribution is -0.384. The van der Waals surface area contributed by atoms with Gasteiger partial charge < -0.3 is 14.7 Å². The van der Waals surface area contributed by atoms with Crippen molar-refractivity contribution in [3.8, 4) is 16.9 Å². The third kappa shape index (κ3) is 5.01. The van der Waals surface area contributed by atoms with Crippen LogP contribution < -0.4 is 9.92 Å². The maximum absolute atomic E-state index is 13.6. The number of ether oxygens (including phenoxy) is 1. The zero-order chi connectivity index (χ0) is 26.8. The maximum atomic E-state index is 13.6. The first-order chi connectivity index (χ1) is 17.6. The van der Waals surface area contributed by atoms with Gasteiger partial charge in [0.2, 0.25) is 0 Å². The fourth-order valence-electron chi connectivity index (χ4n) is 4.03. The molecule has 1 amide bonds. The van der Waals surface area contributed by atoms with Crippen molar-refractivity contribution in [2.45, 2.75) is 5.54 Å². The highest BCUT2D eigenvalue weighted by Gasteiger charge is 2.49. The molecule has 0 radical (unpaired) electrons. The second kappa shape index (κ2) is 9.99. The molecule has 37 heavy (non-hydrogen) atoms. The Balaban J connectivity index is 1.78. The molecule has 3 aromatic rings. The van der Waals surface area contributed by atoms with Gasteiger partial charge in [0.15, 0.2) is 11.5 Å². The number of carbonyl (C=O) groups excluding carboxylic acids is 1. The van der Waals surface area contributed by atoms with Crippen LogP contribution in [0.5, 0.6) is 5.75 Å². The minimum absolute atomic E-state index is 0.00761. The van der Waals surface area contributed by atoms with E-state index in [9.17, 15) is 23.3 Å². The fourth-order valence-corrected chi connectivity index (χ4v) is 4.89. The summed E-state index contributed by atoms with van der Waals surface area (Å²) >= 11 is 0.